The van der Waals surface area contributed by atoms with Crippen molar-refractivity contribution in [1.82, 2.24) is 0 Å². The van der Waals surface area contributed by atoms with E-state index in [-0.39, 0.29) is 0 Å². The van der Waals surface area contributed by atoms with Crippen molar-refractivity contribution in [3.8, 4) is 33.4 Å². The molecule has 0 amide bonds. The van der Waals surface area contributed by atoms with Gasteiger partial charge < -0.3 is 9.32 Å². The summed E-state index contributed by atoms with van der Waals surface area (Å²) in [6, 6.07) is 78.1. The van der Waals surface area contributed by atoms with Gasteiger partial charge in [-0.15, -0.1) is 0 Å². The van der Waals surface area contributed by atoms with Crippen molar-refractivity contribution in [2.24, 2.45) is 0 Å². The molecule has 59 heavy (non-hydrogen) atoms. The van der Waals surface area contributed by atoms with Crippen LogP contribution >= 0.6 is 0 Å². The molecular formula is C57H35NO. The molecule has 274 valence electrons. The van der Waals surface area contributed by atoms with Crippen molar-refractivity contribution < 1.29 is 4.42 Å². The molecule has 0 N–H and O–H groups in total. The van der Waals surface area contributed by atoms with Crippen LogP contribution in [0.1, 0.15) is 22.3 Å². The van der Waals surface area contributed by atoms with E-state index in [1.54, 1.807) is 0 Å². The lowest BCUT2D eigenvalue weighted by Crippen LogP contribution is -2.26. The van der Waals surface area contributed by atoms with Crippen LogP contribution < -0.4 is 4.90 Å². The lowest BCUT2D eigenvalue weighted by atomic mass is 9.70. The number of benzene rings is 10. The van der Waals surface area contributed by atoms with E-state index >= 15 is 0 Å². The first kappa shape index (κ1) is 32.4. The van der Waals surface area contributed by atoms with E-state index in [0.29, 0.717) is 0 Å². The molecule has 0 aliphatic heterocycles. The molecule has 0 fully saturated rings. The van der Waals surface area contributed by atoms with Gasteiger partial charge in [-0.2, -0.15) is 0 Å². The minimum absolute atomic E-state index is 0.455. The van der Waals surface area contributed by atoms with Gasteiger partial charge >= 0.3 is 0 Å². The molecule has 0 radical (unpaired) electrons. The van der Waals surface area contributed by atoms with Gasteiger partial charge in [-0.25, -0.2) is 0 Å². The fourth-order valence-electron chi connectivity index (χ4n) is 10.7. The van der Waals surface area contributed by atoms with Gasteiger partial charge in [0.2, 0.25) is 0 Å². The Morgan fingerprint density at radius 2 is 0.831 bits per heavy atom. The molecule has 0 saturated heterocycles. The Morgan fingerprint density at radius 3 is 1.61 bits per heavy atom. The Balaban J connectivity index is 1.14. The highest BCUT2D eigenvalue weighted by Crippen LogP contribution is 2.65. The molecule has 2 nitrogen and oxygen atoms in total. The summed E-state index contributed by atoms with van der Waals surface area (Å²) in [5.41, 5.74) is 17.4. The predicted octanol–water partition coefficient (Wildman–Crippen LogP) is 15.4. The van der Waals surface area contributed by atoms with Crippen LogP contribution in [0.5, 0.6) is 0 Å². The molecular weight excluding hydrogens is 715 g/mol. The molecule has 13 rings (SSSR count). The molecule has 1 spiro atoms. The first-order valence-electron chi connectivity index (χ1n) is 20.4. The number of hydrogen-bond donors (Lipinski definition) is 0. The lowest BCUT2D eigenvalue weighted by molar-refractivity contribution is 0.669. The molecule has 0 saturated carbocycles. The van der Waals surface area contributed by atoms with E-state index in [1.807, 2.05) is 0 Å². The van der Waals surface area contributed by atoms with E-state index in [0.717, 1.165) is 50.1 Å². The van der Waals surface area contributed by atoms with Gasteiger partial charge in [-0.1, -0.05) is 176 Å². The summed E-state index contributed by atoms with van der Waals surface area (Å²) in [6.45, 7) is 0. The zero-order chi connectivity index (χ0) is 38.7. The Labute approximate surface area is 341 Å². The van der Waals surface area contributed by atoms with Crippen molar-refractivity contribution in [1.29, 1.82) is 0 Å². The van der Waals surface area contributed by atoms with E-state index in [2.05, 4.69) is 217 Å². The highest BCUT2D eigenvalue weighted by atomic mass is 16.3. The largest absolute Gasteiger partial charge is 0.456 e. The number of rotatable bonds is 4. The third-order valence-corrected chi connectivity index (χ3v) is 13.0. The fourth-order valence-corrected chi connectivity index (χ4v) is 10.7. The molecule has 0 atom stereocenters. The van der Waals surface area contributed by atoms with Crippen LogP contribution in [0, 0.1) is 0 Å². The maximum absolute atomic E-state index is 6.65. The minimum atomic E-state index is -0.455. The summed E-state index contributed by atoms with van der Waals surface area (Å²) >= 11 is 0. The lowest BCUT2D eigenvalue weighted by Gasteiger charge is -2.33. The second-order valence-electron chi connectivity index (χ2n) is 15.9. The van der Waals surface area contributed by atoms with Crippen LogP contribution in [0.2, 0.25) is 0 Å². The number of furan rings is 1. The Kier molecular flexibility index (Phi) is 6.68. The Morgan fingerprint density at radius 1 is 0.322 bits per heavy atom. The zero-order valence-corrected chi connectivity index (χ0v) is 32.1. The van der Waals surface area contributed by atoms with Crippen molar-refractivity contribution in [2.75, 3.05) is 4.90 Å². The Bertz CT molecular complexity index is 3480. The van der Waals surface area contributed by atoms with Crippen LogP contribution in [-0.2, 0) is 5.41 Å². The summed E-state index contributed by atoms with van der Waals surface area (Å²) in [7, 11) is 0. The third kappa shape index (κ3) is 4.35. The Hall–Kier alpha value is -7.68. The van der Waals surface area contributed by atoms with Crippen LogP contribution in [0.25, 0.3) is 76.9 Å². The second kappa shape index (κ2) is 12.2. The number of nitrogens with zero attached hydrogens (tertiary/aromatic N) is 1. The van der Waals surface area contributed by atoms with Crippen LogP contribution in [0.4, 0.5) is 17.1 Å². The molecule has 1 heterocycles. The predicted molar refractivity (Wildman–Crippen MR) is 245 cm³/mol. The van der Waals surface area contributed by atoms with Gasteiger partial charge in [0.1, 0.15) is 11.2 Å². The second-order valence-corrected chi connectivity index (χ2v) is 15.9. The molecule has 2 aliphatic carbocycles. The van der Waals surface area contributed by atoms with E-state index in [9.17, 15) is 0 Å². The summed E-state index contributed by atoms with van der Waals surface area (Å²) in [5.74, 6) is 0. The molecule has 10 aromatic carbocycles. The highest BCUT2D eigenvalue weighted by Gasteiger charge is 2.52. The maximum Gasteiger partial charge on any atom is 0.136 e. The maximum atomic E-state index is 6.65. The quantitative estimate of drug-likeness (QED) is 0.178. The number of anilines is 3. The number of fused-ring (bicyclic) bond motifs is 15. The van der Waals surface area contributed by atoms with Gasteiger partial charge in [-0.05, 0) is 97.1 Å². The van der Waals surface area contributed by atoms with Crippen LogP contribution in [0.15, 0.2) is 217 Å². The van der Waals surface area contributed by atoms with Crippen molar-refractivity contribution in [3.63, 3.8) is 0 Å². The first-order valence-corrected chi connectivity index (χ1v) is 20.4. The average Bonchev–Trinajstić information content (AvgIpc) is 3.93. The monoisotopic (exact) mass is 749 g/mol. The van der Waals surface area contributed by atoms with E-state index < -0.39 is 5.41 Å². The smallest absolute Gasteiger partial charge is 0.136 e. The summed E-state index contributed by atoms with van der Waals surface area (Å²) in [4.78, 5) is 2.54. The number of para-hydroxylation sites is 1. The van der Waals surface area contributed by atoms with Gasteiger partial charge in [0, 0.05) is 27.3 Å². The fraction of sp³-hybridized carbons (Fsp3) is 0.0175. The SMILES string of the molecule is c1ccc(N(c2cccc3c2-c2ccccc2C32c3ccccc3-c3ccccc32)c2cccc3ccccc23)c(-c2cccc3oc4cc5ccccc5cc4c23)c1. The average molecular weight is 750 g/mol. The van der Waals surface area contributed by atoms with E-state index in [1.165, 1.54) is 66.1 Å². The molecule has 0 unspecified atom stereocenters. The molecule has 1 aromatic heterocycles. The number of hydrogen-bond acceptors (Lipinski definition) is 2. The normalized spacial score (nSPS) is 13.2. The van der Waals surface area contributed by atoms with Crippen molar-refractivity contribution in [3.05, 3.63) is 235 Å². The van der Waals surface area contributed by atoms with Crippen molar-refractivity contribution >= 4 is 60.5 Å². The van der Waals surface area contributed by atoms with Crippen molar-refractivity contribution in [2.45, 2.75) is 5.41 Å². The molecule has 2 aliphatic rings. The topological polar surface area (TPSA) is 16.4 Å². The standard InChI is InChI=1S/C57H35NO/c1-2-18-38-35-54-45(34-37(38)17-1)55-43(25-14-33-53(55)59-54)42-23-8-12-30-51(42)58(50-31-13-19-36-16-3-4-20-39(36)50)52-32-15-29-49-56(52)44-24-7-11-28-48(44)57(49)46-26-9-5-21-40(46)41-22-6-10-27-47(41)57/h1-35H. The van der Waals surface area contributed by atoms with Crippen LogP contribution in [-0.4, -0.2) is 0 Å². The first-order chi connectivity index (χ1) is 29.3. The van der Waals surface area contributed by atoms with Gasteiger partial charge in [-0.3, -0.25) is 0 Å². The molecule has 0 bridgehead atoms. The summed E-state index contributed by atoms with van der Waals surface area (Å²) in [6.07, 6.45) is 0. The van der Waals surface area contributed by atoms with Gasteiger partial charge in [0.15, 0.2) is 0 Å². The minimum Gasteiger partial charge on any atom is -0.456 e. The third-order valence-electron chi connectivity index (χ3n) is 13.0. The van der Waals surface area contributed by atoms with Gasteiger partial charge in [0.05, 0.1) is 22.5 Å². The zero-order valence-electron chi connectivity index (χ0n) is 32.1. The van der Waals surface area contributed by atoms with Gasteiger partial charge in [0.25, 0.3) is 0 Å². The summed E-state index contributed by atoms with van der Waals surface area (Å²) < 4.78 is 6.65. The molecule has 11 aromatic rings. The van der Waals surface area contributed by atoms with Crippen LogP contribution in [0.3, 0.4) is 0 Å². The summed E-state index contributed by atoms with van der Waals surface area (Å²) in [5, 5.41) is 7.01. The molecule has 2 heteroatoms. The highest BCUT2D eigenvalue weighted by molar-refractivity contribution is 6.17. The van der Waals surface area contributed by atoms with E-state index in [4.69, 9.17) is 4.42 Å².